The summed E-state index contributed by atoms with van der Waals surface area (Å²) in [4.78, 5) is 21.0. The van der Waals surface area contributed by atoms with Gasteiger partial charge in [-0.15, -0.1) is 0 Å². The van der Waals surface area contributed by atoms with Gasteiger partial charge in [-0.1, -0.05) is 0 Å². The van der Waals surface area contributed by atoms with E-state index < -0.39 is 0 Å². The summed E-state index contributed by atoms with van der Waals surface area (Å²) in [6.45, 7) is 3.71. The molecule has 1 N–H and O–H groups in total. The van der Waals surface area contributed by atoms with Crippen molar-refractivity contribution in [1.29, 1.82) is 0 Å². The van der Waals surface area contributed by atoms with Crippen molar-refractivity contribution < 1.29 is 14.6 Å². The summed E-state index contributed by atoms with van der Waals surface area (Å²) in [5.41, 5.74) is 3.08. The number of phenols is 1. The predicted octanol–water partition coefficient (Wildman–Crippen LogP) is 3.87. The molecule has 0 saturated carbocycles. The van der Waals surface area contributed by atoms with Crippen molar-refractivity contribution >= 4 is 17.0 Å². The largest absolute Gasteiger partial charge is 0.508 e. The fourth-order valence-electron chi connectivity index (χ4n) is 3.36. The highest BCUT2D eigenvalue weighted by molar-refractivity contribution is 5.94. The highest BCUT2D eigenvalue weighted by atomic mass is 16.5. The number of carbonyl (C=O) groups excluding carboxylic acids is 1. The van der Waals surface area contributed by atoms with Crippen molar-refractivity contribution in [2.24, 2.45) is 0 Å². The molecule has 0 amide bonds. The number of nitrogens with zero attached hydrogens (tertiary/aromatic N) is 4. The summed E-state index contributed by atoms with van der Waals surface area (Å²) < 4.78 is 9.29. The number of hydrogen-bond donors (Lipinski definition) is 1. The van der Waals surface area contributed by atoms with Gasteiger partial charge in [0.2, 0.25) is 0 Å². The fraction of sp³-hybridized carbons (Fsp3) is 0.227. The highest BCUT2D eigenvalue weighted by Gasteiger charge is 2.15. The Morgan fingerprint density at radius 2 is 1.97 bits per heavy atom. The van der Waals surface area contributed by atoms with E-state index in [-0.39, 0.29) is 11.7 Å². The average molecular weight is 390 g/mol. The molecule has 4 rings (SSSR count). The molecule has 0 bridgehead atoms. The SMILES string of the molecule is CCOC(=O)c1ccc2c(c1)nc(-c1ccc(O)cc1)n2CCCn1ccnc1. The van der Waals surface area contributed by atoms with Crippen LogP contribution in [0.1, 0.15) is 23.7 Å². The van der Waals surface area contributed by atoms with Gasteiger partial charge in [-0.2, -0.15) is 0 Å². The van der Waals surface area contributed by atoms with Gasteiger partial charge in [0, 0.05) is 31.0 Å². The zero-order valence-corrected chi connectivity index (χ0v) is 16.2. The van der Waals surface area contributed by atoms with Crippen molar-refractivity contribution in [2.75, 3.05) is 6.61 Å². The van der Waals surface area contributed by atoms with Crippen LogP contribution < -0.4 is 0 Å². The van der Waals surface area contributed by atoms with E-state index in [4.69, 9.17) is 9.72 Å². The molecule has 0 saturated heterocycles. The van der Waals surface area contributed by atoms with E-state index in [1.54, 1.807) is 43.7 Å². The van der Waals surface area contributed by atoms with E-state index in [1.165, 1.54) is 0 Å². The topological polar surface area (TPSA) is 82.2 Å². The Labute approximate surface area is 168 Å². The molecule has 4 aromatic rings. The second-order valence-electron chi connectivity index (χ2n) is 6.71. The molecule has 0 aliphatic heterocycles. The minimum Gasteiger partial charge on any atom is -0.508 e. The van der Waals surface area contributed by atoms with Gasteiger partial charge in [-0.25, -0.2) is 14.8 Å². The normalized spacial score (nSPS) is 11.1. The monoisotopic (exact) mass is 390 g/mol. The lowest BCUT2D eigenvalue weighted by Gasteiger charge is -2.10. The number of hydrogen-bond acceptors (Lipinski definition) is 5. The number of esters is 1. The first kappa shape index (κ1) is 18.7. The molecule has 148 valence electrons. The third kappa shape index (κ3) is 3.99. The van der Waals surface area contributed by atoms with Gasteiger partial charge in [0.05, 0.1) is 29.5 Å². The molecular formula is C22H22N4O3. The van der Waals surface area contributed by atoms with Crippen molar-refractivity contribution in [3.63, 3.8) is 0 Å². The maximum atomic E-state index is 12.1. The standard InChI is InChI=1S/C22H22N4O3/c1-2-29-22(28)17-6-9-20-19(14-17)24-21(16-4-7-18(27)8-5-16)26(20)12-3-11-25-13-10-23-15-25/h4-10,13-15,27H,2-3,11-12H2,1H3. The minimum atomic E-state index is -0.352. The first-order valence-corrected chi connectivity index (χ1v) is 9.58. The summed E-state index contributed by atoms with van der Waals surface area (Å²) >= 11 is 0. The Kier molecular flexibility index (Phi) is 5.29. The molecule has 7 heteroatoms. The summed E-state index contributed by atoms with van der Waals surface area (Å²) in [6, 6.07) is 12.4. The number of aryl methyl sites for hydroxylation is 2. The summed E-state index contributed by atoms with van der Waals surface area (Å²) in [5.74, 6) is 0.656. The third-order valence-electron chi connectivity index (χ3n) is 4.74. The Morgan fingerprint density at radius 3 is 2.69 bits per heavy atom. The molecule has 2 aromatic heterocycles. The first-order valence-electron chi connectivity index (χ1n) is 9.58. The van der Waals surface area contributed by atoms with Crippen LogP contribution >= 0.6 is 0 Å². The number of rotatable bonds is 7. The molecule has 7 nitrogen and oxygen atoms in total. The quantitative estimate of drug-likeness (QED) is 0.485. The number of ether oxygens (including phenoxy) is 1. The second kappa shape index (κ2) is 8.18. The number of phenolic OH excluding ortho intramolecular Hbond substituents is 1. The molecule has 0 spiro atoms. The number of aromatic hydroxyl groups is 1. The molecule has 29 heavy (non-hydrogen) atoms. The van der Waals surface area contributed by atoms with Crippen LogP contribution in [0.25, 0.3) is 22.4 Å². The lowest BCUT2D eigenvalue weighted by Crippen LogP contribution is -2.05. The van der Waals surface area contributed by atoms with Gasteiger partial charge in [0.15, 0.2) is 0 Å². The number of fused-ring (bicyclic) bond motifs is 1. The molecule has 0 atom stereocenters. The van der Waals surface area contributed by atoms with E-state index in [1.807, 2.05) is 29.0 Å². The highest BCUT2D eigenvalue weighted by Crippen LogP contribution is 2.27. The second-order valence-corrected chi connectivity index (χ2v) is 6.71. The van der Waals surface area contributed by atoms with Crippen molar-refractivity contribution in [3.05, 3.63) is 66.7 Å². The maximum Gasteiger partial charge on any atom is 0.338 e. The van der Waals surface area contributed by atoms with E-state index in [0.29, 0.717) is 12.2 Å². The van der Waals surface area contributed by atoms with E-state index in [0.717, 1.165) is 41.9 Å². The van der Waals surface area contributed by atoms with E-state index >= 15 is 0 Å². The van der Waals surface area contributed by atoms with Crippen LogP contribution in [0.15, 0.2) is 61.2 Å². The zero-order chi connectivity index (χ0) is 20.2. The van der Waals surface area contributed by atoms with Crippen LogP contribution in [-0.4, -0.2) is 36.8 Å². The number of benzene rings is 2. The maximum absolute atomic E-state index is 12.1. The van der Waals surface area contributed by atoms with Crippen molar-refractivity contribution in [2.45, 2.75) is 26.4 Å². The zero-order valence-electron chi connectivity index (χ0n) is 16.2. The van der Waals surface area contributed by atoms with Gasteiger partial charge in [-0.3, -0.25) is 0 Å². The van der Waals surface area contributed by atoms with Gasteiger partial charge < -0.3 is 19.0 Å². The smallest absolute Gasteiger partial charge is 0.338 e. The first-order chi connectivity index (χ1) is 14.2. The lowest BCUT2D eigenvalue weighted by atomic mass is 10.2. The molecule has 0 fully saturated rings. The Bertz CT molecular complexity index is 1120. The molecule has 0 aliphatic rings. The minimum absolute atomic E-state index is 0.209. The summed E-state index contributed by atoms with van der Waals surface area (Å²) in [5, 5.41) is 9.62. The van der Waals surface area contributed by atoms with Crippen LogP contribution in [-0.2, 0) is 17.8 Å². The summed E-state index contributed by atoms with van der Waals surface area (Å²) in [6.07, 6.45) is 6.41. The van der Waals surface area contributed by atoms with Gasteiger partial charge in [0.1, 0.15) is 11.6 Å². The third-order valence-corrected chi connectivity index (χ3v) is 4.74. The Morgan fingerprint density at radius 1 is 1.14 bits per heavy atom. The Balaban J connectivity index is 1.71. The van der Waals surface area contributed by atoms with Gasteiger partial charge in [0.25, 0.3) is 0 Å². The van der Waals surface area contributed by atoms with Gasteiger partial charge >= 0.3 is 5.97 Å². The van der Waals surface area contributed by atoms with E-state index in [2.05, 4.69) is 9.55 Å². The van der Waals surface area contributed by atoms with Crippen molar-refractivity contribution in [1.82, 2.24) is 19.1 Å². The molecule has 2 heterocycles. The molecule has 0 radical (unpaired) electrons. The number of imidazole rings is 2. The fourth-order valence-corrected chi connectivity index (χ4v) is 3.36. The molecule has 0 unspecified atom stereocenters. The number of carbonyl (C=O) groups is 1. The Hall–Kier alpha value is -3.61. The van der Waals surface area contributed by atoms with Crippen LogP contribution in [0, 0.1) is 0 Å². The lowest BCUT2D eigenvalue weighted by molar-refractivity contribution is 0.0526. The van der Waals surface area contributed by atoms with Crippen LogP contribution in [0.2, 0.25) is 0 Å². The number of aromatic nitrogens is 4. The van der Waals surface area contributed by atoms with Crippen molar-refractivity contribution in [3.8, 4) is 17.1 Å². The molecule has 0 aliphatic carbocycles. The summed E-state index contributed by atoms with van der Waals surface area (Å²) in [7, 11) is 0. The average Bonchev–Trinajstić information content (AvgIpc) is 3.36. The van der Waals surface area contributed by atoms with Gasteiger partial charge in [-0.05, 0) is 55.8 Å². The van der Waals surface area contributed by atoms with Crippen LogP contribution in [0.5, 0.6) is 5.75 Å². The molecular weight excluding hydrogens is 368 g/mol. The van der Waals surface area contributed by atoms with Crippen LogP contribution in [0.3, 0.4) is 0 Å². The van der Waals surface area contributed by atoms with Crippen LogP contribution in [0.4, 0.5) is 0 Å². The van der Waals surface area contributed by atoms with E-state index in [9.17, 15) is 9.90 Å². The predicted molar refractivity (Wildman–Crippen MR) is 110 cm³/mol. The molecule has 2 aromatic carbocycles.